The molecule has 0 saturated heterocycles. The molecule has 9 heteroatoms. The van der Waals surface area contributed by atoms with Gasteiger partial charge in [-0.25, -0.2) is 0 Å². The van der Waals surface area contributed by atoms with E-state index in [0.29, 0.717) is 17.5 Å². The van der Waals surface area contributed by atoms with Crippen molar-refractivity contribution in [1.29, 1.82) is 0 Å². The van der Waals surface area contributed by atoms with Gasteiger partial charge >= 0.3 is 0 Å². The summed E-state index contributed by atoms with van der Waals surface area (Å²) >= 11 is 4.54. The Hall–Kier alpha value is -2.62. The molecule has 0 fully saturated rings. The number of carbonyl (C=O) groups is 1. The Morgan fingerprint density at radius 2 is 2.00 bits per heavy atom. The molecular formula is C20H18BrN5O2S. The minimum atomic E-state index is -0.423. The highest BCUT2D eigenvalue weighted by atomic mass is 79.9. The first-order valence-corrected chi connectivity index (χ1v) is 10.7. The molecule has 0 saturated carbocycles. The van der Waals surface area contributed by atoms with Gasteiger partial charge in [-0.3, -0.25) is 4.79 Å². The Morgan fingerprint density at radius 3 is 2.83 bits per heavy atom. The third-order valence-corrected chi connectivity index (χ3v) is 5.66. The average Bonchev–Trinajstić information content (AvgIpc) is 3.36. The fourth-order valence-electron chi connectivity index (χ4n) is 2.91. The van der Waals surface area contributed by atoms with Crippen LogP contribution in [0, 0.1) is 0 Å². The monoisotopic (exact) mass is 471 g/mol. The molecule has 4 aromatic rings. The summed E-state index contributed by atoms with van der Waals surface area (Å²) in [5, 5.41) is 12.3. The zero-order valence-corrected chi connectivity index (χ0v) is 17.7. The summed E-state index contributed by atoms with van der Waals surface area (Å²) in [4.78, 5) is 15.3. The lowest BCUT2D eigenvalue weighted by Crippen LogP contribution is -2.14. The number of rotatable bonds is 7. The fourth-order valence-corrected chi connectivity index (χ4v) is 3.74. The van der Waals surface area contributed by atoms with E-state index < -0.39 is 6.04 Å². The van der Waals surface area contributed by atoms with E-state index >= 15 is 0 Å². The second-order valence-corrected chi connectivity index (χ2v) is 8.26. The number of amides is 1. The molecule has 0 spiro atoms. The van der Waals surface area contributed by atoms with Crippen LogP contribution in [0.4, 0.5) is 5.69 Å². The van der Waals surface area contributed by atoms with Crippen molar-refractivity contribution in [3.8, 4) is 0 Å². The lowest BCUT2D eigenvalue weighted by Gasteiger charge is -2.06. The number of para-hydroxylation sites is 1. The number of halogens is 1. The summed E-state index contributed by atoms with van der Waals surface area (Å²) in [6, 6.07) is 15.0. The van der Waals surface area contributed by atoms with Crippen LogP contribution in [0.25, 0.3) is 10.9 Å². The van der Waals surface area contributed by atoms with Crippen molar-refractivity contribution < 1.29 is 9.21 Å². The number of nitrogens with one attached hydrogen (secondary N) is 2. The van der Waals surface area contributed by atoms with Crippen molar-refractivity contribution in [2.24, 2.45) is 5.73 Å². The summed E-state index contributed by atoms with van der Waals surface area (Å²) in [6.07, 6.45) is 2.52. The number of thioether (sulfide) groups is 1. The largest absolute Gasteiger partial charge is 0.414 e. The molecule has 29 heavy (non-hydrogen) atoms. The van der Waals surface area contributed by atoms with Gasteiger partial charge in [0.25, 0.3) is 5.22 Å². The predicted molar refractivity (Wildman–Crippen MR) is 117 cm³/mol. The zero-order chi connectivity index (χ0) is 20.2. The van der Waals surface area contributed by atoms with Crippen LogP contribution in [0.15, 0.2) is 68.8 Å². The summed E-state index contributed by atoms with van der Waals surface area (Å²) in [7, 11) is 0. The van der Waals surface area contributed by atoms with Crippen LogP contribution in [0.3, 0.4) is 0 Å². The van der Waals surface area contributed by atoms with Crippen LogP contribution in [0.2, 0.25) is 0 Å². The molecular weight excluding hydrogens is 454 g/mol. The number of aromatic nitrogens is 3. The van der Waals surface area contributed by atoms with Gasteiger partial charge in [-0.05, 0) is 42.3 Å². The average molecular weight is 472 g/mol. The van der Waals surface area contributed by atoms with Crippen LogP contribution in [-0.2, 0) is 11.2 Å². The highest BCUT2D eigenvalue weighted by molar-refractivity contribution is 9.10. The second-order valence-electron chi connectivity index (χ2n) is 6.42. The summed E-state index contributed by atoms with van der Waals surface area (Å²) in [6.45, 7) is 0. The number of nitrogens with zero attached hydrogens (tertiary/aromatic N) is 2. The van der Waals surface area contributed by atoms with Crippen molar-refractivity contribution >= 4 is 50.2 Å². The molecule has 7 nitrogen and oxygen atoms in total. The topological polar surface area (TPSA) is 110 Å². The molecule has 0 aliphatic heterocycles. The second kappa shape index (κ2) is 8.81. The highest BCUT2D eigenvalue weighted by Gasteiger charge is 2.18. The van der Waals surface area contributed by atoms with Crippen molar-refractivity contribution in [3.63, 3.8) is 0 Å². The fraction of sp³-hybridized carbons (Fsp3) is 0.150. The maximum atomic E-state index is 12.1. The van der Waals surface area contributed by atoms with Crippen molar-refractivity contribution in [2.75, 3.05) is 11.1 Å². The van der Waals surface area contributed by atoms with Gasteiger partial charge in [0.2, 0.25) is 11.8 Å². The SMILES string of the molecule is N[C@@H](Cc1c[nH]c2ccccc12)c1nnc(SCC(=O)Nc2ccc(Br)cc2)o1. The van der Waals surface area contributed by atoms with E-state index in [4.69, 9.17) is 10.2 Å². The molecule has 0 radical (unpaired) electrons. The van der Waals surface area contributed by atoms with E-state index in [1.54, 1.807) is 0 Å². The van der Waals surface area contributed by atoms with Gasteiger partial charge < -0.3 is 20.5 Å². The number of benzene rings is 2. The van der Waals surface area contributed by atoms with Gasteiger partial charge in [-0.1, -0.05) is 45.9 Å². The number of anilines is 1. The zero-order valence-electron chi connectivity index (χ0n) is 15.3. The Bertz CT molecular complexity index is 1130. The lowest BCUT2D eigenvalue weighted by molar-refractivity contribution is -0.113. The van der Waals surface area contributed by atoms with Gasteiger partial charge in [0.15, 0.2) is 0 Å². The van der Waals surface area contributed by atoms with Crippen LogP contribution < -0.4 is 11.1 Å². The number of H-pyrrole nitrogens is 1. The normalized spacial score (nSPS) is 12.2. The minimum Gasteiger partial charge on any atom is -0.414 e. The van der Waals surface area contributed by atoms with Crippen LogP contribution >= 0.6 is 27.7 Å². The van der Waals surface area contributed by atoms with Gasteiger partial charge in [0, 0.05) is 27.3 Å². The van der Waals surface area contributed by atoms with E-state index in [9.17, 15) is 4.79 Å². The number of hydrogen-bond acceptors (Lipinski definition) is 6. The predicted octanol–water partition coefficient (Wildman–Crippen LogP) is 4.29. The maximum Gasteiger partial charge on any atom is 0.277 e. The van der Waals surface area contributed by atoms with Crippen LogP contribution in [0.1, 0.15) is 17.5 Å². The van der Waals surface area contributed by atoms with E-state index in [1.165, 1.54) is 11.8 Å². The molecule has 0 bridgehead atoms. The van der Waals surface area contributed by atoms with E-state index in [1.807, 2.05) is 54.7 Å². The third kappa shape index (κ3) is 4.87. The van der Waals surface area contributed by atoms with E-state index in [2.05, 4.69) is 36.4 Å². The number of aromatic amines is 1. The molecule has 4 rings (SSSR count). The number of nitrogens with two attached hydrogens (primary N) is 1. The van der Waals surface area contributed by atoms with Gasteiger partial charge in [-0.2, -0.15) is 0 Å². The third-order valence-electron chi connectivity index (χ3n) is 4.31. The standard InChI is InChI=1S/C20H18BrN5O2S/c21-13-5-7-14(8-6-13)24-18(27)11-29-20-26-25-19(28-20)16(22)9-12-10-23-17-4-2-1-3-15(12)17/h1-8,10,16,23H,9,11,22H2,(H,24,27)/t16-/m0/s1. The van der Waals surface area contributed by atoms with Gasteiger partial charge in [0.1, 0.15) is 0 Å². The highest BCUT2D eigenvalue weighted by Crippen LogP contribution is 2.25. The van der Waals surface area contributed by atoms with Crippen LogP contribution in [0.5, 0.6) is 0 Å². The number of fused-ring (bicyclic) bond motifs is 1. The molecule has 2 heterocycles. The Balaban J connectivity index is 1.33. The number of carbonyl (C=O) groups excluding carboxylic acids is 1. The van der Waals surface area contributed by atoms with Crippen LogP contribution in [-0.4, -0.2) is 26.8 Å². The van der Waals surface area contributed by atoms with Gasteiger partial charge in [-0.15, -0.1) is 10.2 Å². The molecule has 1 atom stereocenters. The molecule has 0 unspecified atom stereocenters. The quantitative estimate of drug-likeness (QED) is 0.346. The van der Waals surface area contributed by atoms with Crippen molar-refractivity contribution in [2.45, 2.75) is 17.7 Å². The Kier molecular flexibility index (Phi) is 5.98. The smallest absolute Gasteiger partial charge is 0.277 e. The van der Waals surface area contributed by atoms with Crippen molar-refractivity contribution in [3.05, 3.63) is 70.7 Å². The summed E-state index contributed by atoms with van der Waals surface area (Å²) in [5.74, 6) is 0.362. The first-order chi connectivity index (χ1) is 14.1. The van der Waals surface area contributed by atoms with Gasteiger partial charge in [0.05, 0.1) is 11.8 Å². The molecule has 4 N–H and O–H groups in total. The first kappa shape index (κ1) is 19.7. The van der Waals surface area contributed by atoms with E-state index in [0.717, 1.165) is 26.6 Å². The molecule has 1 amide bonds. The minimum absolute atomic E-state index is 0.153. The van der Waals surface area contributed by atoms with Crippen molar-refractivity contribution in [1.82, 2.24) is 15.2 Å². The molecule has 148 valence electrons. The summed E-state index contributed by atoms with van der Waals surface area (Å²) in [5.41, 5.74) is 9.14. The Labute approximate surface area is 179 Å². The molecule has 2 aromatic heterocycles. The molecule has 0 aliphatic rings. The molecule has 0 aliphatic carbocycles. The number of hydrogen-bond donors (Lipinski definition) is 3. The summed E-state index contributed by atoms with van der Waals surface area (Å²) < 4.78 is 6.59. The molecule has 2 aromatic carbocycles. The first-order valence-electron chi connectivity index (χ1n) is 8.90. The lowest BCUT2D eigenvalue weighted by atomic mass is 10.1. The Morgan fingerprint density at radius 1 is 1.21 bits per heavy atom. The maximum absolute atomic E-state index is 12.1. The van der Waals surface area contributed by atoms with E-state index in [-0.39, 0.29) is 11.7 Å².